The lowest BCUT2D eigenvalue weighted by molar-refractivity contribution is -0.372. The van der Waals surface area contributed by atoms with Crippen molar-refractivity contribution in [2.24, 2.45) is 0 Å². The molecule has 1 aliphatic heterocycles. The van der Waals surface area contributed by atoms with Crippen molar-refractivity contribution in [3.05, 3.63) is 0 Å². The van der Waals surface area contributed by atoms with E-state index in [1.54, 1.807) is 6.92 Å². The van der Waals surface area contributed by atoms with E-state index in [4.69, 9.17) is 9.78 Å². The fraction of sp³-hybridized carbons (Fsp3) is 1.00. The zero-order chi connectivity index (χ0) is 9.73. The van der Waals surface area contributed by atoms with Crippen molar-refractivity contribution in [1.82, 2.24) is 0 Å². The molecule has 78 valence electrons. The van der Waals surface area contributed by atoms with E-state index in [2.05, 4.69) is 6.92 Å². The molecule has 0 aromatic carbocycles. The molecule has 0 aliphatic carbocycles. The Balaban J connectivity index is 2.04. The molecule has 1 heterocycles. The van der Waals surface area contributed by atoms with Crippen molar-refractivity contribution in [2.45, 2.75) is 64.3 Å². The average Bonchev–Trinajstić information content (AvgIpc) is 2.40. The molecule has 2 atom stereocenters. The molecule has 0 aromatic rings. The van der Waals surface area contributed by atoms with Crippen LogP contribution in [0.4, 0.5) is 0 Å². The molecule has 0 saturated carbocycles. The van der Waals surface area contributed by atoms with Crippen LogP contribution in [0.25, 0.3) is 0 Å². The van der Waals surface area contributed by atoms with Crippen LogP contribution < -0.4 is 0 Å². The van der Waals surface area contributed by atoms with E-state index in [1.165, 1.54) is 19.3 Å². The maximum atomic E-state index is 9.42. The van der Waals surface area contributed by atoms with Crippen molar-refractivity contribution in [3.63, 3.8) is 0 Å². The van der Waals surface area contributed by atoms with Crippen LogP contribution in [0.1, 0.15) is 52.4 Å². The molecule has 1 N–H and O–H groups in total. The highest BCUT2D eigenvalue weighted by atomic mass is 17.2. The molecule has 1 rings (SSSR count). The van der Waals surface area contributed by atoms with Gasteiger partial charge in [0.25, 0.3) is 0 Å². The largest absolute Gasteiger partial charge is 0.363 e. The van der Waals surface area contributed by atoms with Crippen LogP contribution >= 0.6 is 0 Å². The third-order valence-electron chi connectivity index (χ3n) is 2.35. The Morgan fingerprint density at radius 2 is 2.15 bits per heavy atom. The second kappa shape index (κ2) is 4.94. The van der Waals surface area contributed by atoms with E-state index in [1.807, 2.05) is 0 Å². The molecular weight excluding hydrogens is 168 g/mol. The summed E-state index contributed by atoms with van der Waals surface area (Å²) in [5.41, 5.74) is 0. The third-order valence-corrected chi connectivity index (χ3v) is 2.35. The first-order valence-corrected chi connectivity index (χ1v) is 5.21. The maximum Gasteiger partial charge on any atom is 0.198 e. The summed E-state index contributed by atoms with van der Waals surface area (Å²) in [4.78, 5) is 9.76. The minimum Gasteiger partial charge on any atom is -0.363 e. The summed E-state index contributed by atoms with van der Waals surface area (Å²) in [6.45, 7) is 3.83. The highest BCUT2D eigenvalue weighted by Gasteiger charge is 2.35. The molecular formula is C10H20O3. The van der Waals surface area contributed by atoms with E-state index in [0.717, 1.165) is 12.8 Å². The number of unbranched alkanes of at least 4 members (excludes halogenated alkanes) is 3. The molecule has 3 heteroatoms. The quantitative estimate of drug-likeness (QED) is 0.532. The van der Waals surface area contributed by atoms with Crippen LogP contribution in [-0.4, -0.2) is 17.0 Å². The minimum atomic E-state index is -1.06. The van der Waals surface area contributed by atoms with Gasteiger partial charge in [-0.25, -0.2) is 9.78 Å². The van der Waals surface area contributed by atoms with Gasteiger partial charge in [-0.2, -0.15) is 0 Å². The Morgan fingerprint density at radius 3 is 2.69 bits per heavy atom. The van der Waals surface area contributed by atoms with Crippen LogP contribution in [0, 0.1) is 0 Å². The first-order chi connectivity index (χ1) is 6.14. The fourth-order valence-corrected chi connectivity index (χ4v) is 1.61. The molecule has 1 fully saturated rings. The summed E-state index contributed by atoms with van der Waals surface area (Å²) >= 11 is 0. The smallest absolute Gasteiger partial charge is 0.198 e. The minimum absolute atomic E-state index is 0.0897. The molecule has 0 amide bonds. The molecule has 0 radical (unpaired) electrons. The second-order valence-electron chi connectivity index (χ2n) is 4.03. The van der Waals surface area contributed by atoms with Gasteiger partial charge in [-0.3, -0.25) is 0 Å². The SMILES string of the molecule is CCCCCC[C@@H]1CC(C)(O)OO1. The summed E-state index contributed by atoms with van der Waals surface area (Å²) in [6, 6.07) is 0. The van der Waals surface area contributed by atoms with Gasteiger partial charge in [0.05, 0.1) is 6.10 Å². The molecule has 1 unspecified atom stereocenters. The van der Waals surface area contributed by atoms with E-state index >= 15 is 0 Å². The topological polar surface area (TPSA) is 38.7 Å². The lowest BCUT2D eigenvalue weighted by Gasteiger charge is -2.09. The predicted molar refractivity (Wildman–Crippen MR) is 50.0 cm³/mol. The molecule has 3 nitrogen and oxygen atoms in total. The molecule has 1 saturated heterocycles. The highest BCUT2D eigenvalue weighted by Crippen LogP contribution is 2.28. The standard InChI is InChI=1S/C10H20O3/c1-3-4-5-6-7-9-8-10(2,11)13-12-9/h9,11H,3-8H2,1-2H3/t9-,10?/m1/s1. The van der Waals surface area contributed by atoms with E-state index < -0.39 is 5.79 Å². The van der Waals surface area contributed by atoms with Gasteiger partial charge in [0.15, 0.2) is 5.79 Å². The van der Waals surface area contributed by atoms with Crippen LogP contribution in [0.2, 0.25) is 0 Å². The summed E-state index contributed by atoms with van der Waals surface area (Å²) in [7, 11) is 0. The second-order valence-corrected chi connectivity index (χ2v) is 4.03. The van der Waals surface area contributed by atoms with Gasteiger partial charge in [0.1, 0.15) is 0 Å². The molecule has 1 aliphatic rings. The van der Waals surface area contributed by atoms with Gasteiger partial charge in [0, 0.05) is 6.42 Å². The van der Waals surface area contributed by atoms with Gasteiger partial charge in [0.2, 0.25) is 0 Å². The van der Waals surface area contributed by atoms with Gasteiger partial charge in [-0.1, -0.05) is 32.6 Å². The Morgan fingerprint density at radius 1 is 1.38 bits per heavy atom. The number of hydrogen-bond acceptors (Lipinski definition) is 3. The van der Waals surface area contributed by atoms with Gasteiger partial charge >= 0.3 is 0 Å². The van der Waals surface area contributed by atoms with Crippen molar-refractivity contribution < 1.29 is 14.9 Å². The van der Waals surface area contributed by atoms with Gasteiger partial charge in [-0.15, -0.1) is 0 Å². The van der Waals surface area contributed by atoms with Crippen LogP contribution in [0.3, 0.4) is 0 Å². The lowest BCUT2D eigenvalue weighted by atomic mass is 10.0. The van der Waals surface area contributed by atoms with Crippen molar-refractivity contribution in [1.29, 1.82) is 0 Å². The van der Waals surface area contributed by atoms with Crippen LogP contribution in [0.15, 0.2) is 0 Å². The monoisotopic (exact) mass is 188 g/mol. The van der Waals surface area contributed by atoms with Crippen LogP contribution in [0.5, 0.6) is 0 Å². The van der Waals surface area contributed by atoms with Crippen molar-refractivity contribution >= 4 is 0 Å². The fourth-order valence-electron chi connectivity index (χ4n) is 1.61. The maximum absolute atomic E-state index is 9.42. The lowest BCUT2D eigenvalue weighted by Crippen LogP contribution is -2.21. The third kappa shape index (κ3) is 4.07. The van der Waals surface area contributed by atoms with Gasteiger partial charge in [-0.05, 0) is 13.3 Å². The molecule has 0 aromatic heterocycles. The van der Waals surface area contributed by atoms with E-state index in [-0.39, 0.29) is 6.10 Å². The molecule has 13 heavy (non-hydrogen) atoms. The summed E-state index contributed by atoms with van der Waals surface area (Å²) in [5.74, 6) is -1.06. The van der Waals surface area contributed by atoms with Gasteiger partial charge < -0.3 is 5.11 Å². The Labute approximate surface area is 80.0 Å². The number of hydrogen-bond donors (Lipinski definition) is 1. The number of aliphatic hydroxyl groups is 1. The highest BCUT2D eigenvalue weighted by molar-refractivity contribution is 4.71. The van der Waals surface area contributed by atoms with E-state index in [0.29, 0.717) is 6.42 Å². The Bertz CT molecular complexity index is 145. The van der Waals surface area contributed by atoms with Crippen molar-refractivity contribution in [2.75, 3.05) is 0 Å². The summed E-state index contributed by atoms with van der Waals surface area (Å²) in [6.07, 6.45) is 6.63. The first kappa shape index (κ1) is 11.0. The normalized spacial score (nSPS) is 33.9. The number of rotatable bonds is 5. The molecule has 0 bridgehead atoms. The first-order valence-electron chi connectivity index (χ1n) is 5.21. The zero-order valence-electron chi connectivity index (χ0n) is 8.58. The average molecular weight is 188 g/mol. The van der Waals surface area contributed by atoms with Crippen LogP contribution in [-0.2, 0) is 9.78 Å². The Kier molecular flexibility index (Phi) is 4.16. The molecule has 0 spiro atoms. The predicted octanol–water partition coefficient (Wildman–Crippen LogP) is 2.39. The zero-order valence-corrected chi connectivity index (χ0v) is 8.58. The summed E-state index contributed by atoms with van der Waals surface area (Å²) < 4.78 is 0. The van der Waals surface area contributed by atoms with E-state index in [9.17, 15) is 5.11 Å². The Hall–Kier alpha value is -0.120. The summed E-state index contributed by atoms with van der Waals surface area (Å²) in [5, 5.41) is 9.42. The van der Waals surface area contributed by atoms with Crippen molar-refractivity contribution in [3.8, 4) is 0 Å².